The number of piperazine rings is 1. The molecule has 132 valence electrons. The molecule has 2 aromatic rings. The molecule has 2 N–H and O–H groups in total. The molecule has 0 radical (unpaired) electrons. The van der Waals surface area contributed by atoms with Crippen LogP contribution in [0.3, 0.4) is 0 Å². The zero-order chi connectivity index (χ0) is 18.0. The Kier molecular flexibility index (Phi) is 4.94. The third-order valence-electron chi connectivity index (χ3n) is 4.68. The summed E-state index contributed by atoms with van der Waals surface area (Å²) in [5, 5.41) is 0. The first-order valence-electron chi connectivity index (χ1n) is 8.15. The Morgan fingerprint density at radius 1 is 1.20 bits per heavy atom. The van der Waals surface area contributed by atoms with Crippen LogP contribution in [0, 0.1) is 11.6 Å². The van der Waals surface area contributed by atoms with E-state index in [4.69, 9.17) is 5.73 Å². The van der Waals surface area contributed by atoms with Gasteiger partial charge in [0, 0.05) is 56.2 Å². The van der Waals surface area contributed by atoms with Crippen LogP contribution in [0.25, 0.3) is 0 Å². The third kappa shape index (κ3) is 3.61. The molecule has 7 heteroatoms. The molecule has 3 rings (SSSR count). The lowest BCUT2D eigenvalue weighted by atomic mass is 10.0. The monoisotopic (exact) mass is 346 g/mol. The van der Waals surface area contributed by atoms with Crippen molar-refractivity contribution in [1.29, 1.82) is 0 Å². The molecule has 25 heavy (non-hydrogen) atoms. The van der Waals surface area contributed by atoms with Gasteiger partial charge in [-0.15, -0.1) is 0 Å². The first kappa shape index (κ1) is 17.3. The van der Waals surface area contributed by atoms with Crippen molar-refractivity contribution in [1.82, 2.24) is 9.88 Å². The number of anilines is 1. The Hall–Kier alpha value is -2.54. The zero-order valence-corrected chi connectivity index (χ0v) is 14.0. The maximum absolute atomic E-state index is 14.0. The van der Waals surface area contributed by atoms with E-state index in [0.717, 1.165) is 11.8 Å². The predicted octanol–water partition coefficient (Wildman–Crippen LogP) is 2.34. The van der Waals surface area contributed by atoms with Gasteiger partial charge >= 0.3 is 0 Å². The Balaban J connectivity index is 1.71. The summed E-state index contributed by atoms with van der Waals surface area (Å²) in [6.07, 6.45) is 3.10. The minimum atomic E-state index is -0.574. The summed E-state index contributed by atoms with van der Waals surface area (Å²) in [4.78, 5) is 19.7. The number of hydrogen-bond acceptors (Lipinski definition) is 4. The molecule has 2 heterocycles. The lowest BCUT2D eigenvalue weighted by molar-refractivity contribution is 0.1000. The number of hydrogen-bond donors (Lipinski definition) is 1. The van der Waals surface area contributed by atoms with E-state index >= 15 is 0 Å². The Labute approximate surface area is 145 Å². The number of benzene rings is 1. The van der Waals surface area contributed by atoms with Crippen molar-refractivity contribution in [3.05, 3.63) is 59.4 Å². The van der Waals surface area contributed by atoms with Crippen LogP contribution in [-0.4, -0.2) is 42.0 Å². The van der Waals surface area contributed by atoms with E-state index in [1.165, 1.54) is 18.3 Å². The molecule has 0 aliphatic carbocycles. The van der Waals surface area contributed by atoms with Gasteiger partial charge in [-0.25, -0.2) is 8.78 Å². The second kappa shape index (κ2) is 7.14. The van der Waals surface area contributed by atoms with Crippen LogP contribution in [0.5, 0.6) is 0 Å². The van der Waals surface area contributed by atoms with Crippen molar-refractivity contribution in [2.45, 2.75) is 13.0 Å². The molecule has 5 nitrogen and oxygen atoms in total. The van der Waals surface area contributed by atoms with E-state index in [2.05, 4.69) is 14.8 Å². The normalized spacial score (nSPS) is 16.7. The molecule has 1 aliphatic rings. The van der Waals surface area contributed by atoms with Gasteiger partial charge < -0.3 is 10.6 Å². The lowest BCUT2D eigenvalue weighted by Crippen LogP contribution is -2.47. The van der Waals surface area contributed by atoms with Crippen LogP contribution in [0.2, 0.25) is 0 Å². The molecule has 1 atom stereocenters. The first-order chi connectivity index (χ1) is 12.0. The maximum atomic E-state index is 14.0. The maximum Gasteiger partial charge on any atom is 0.252 e. The Morgan fingerprint density at radius 2 is 1.92 bits per heavy atom. The van der Waals surface area contributed by atoms with Crippen LogP contribution < -0.4 is 10.6 Å². The Morgan fingerprint density at radius 3 is 2.56 bits per heavy atom. The summed E-state index contributed by atoms with van der Waals surface area (Å²) in [7, 11) is 0. The van der Waals surface area contributed by atoms with Gasteiger partial charge in [0.25, 0.3) is 5.91 Å². The molecule has 1 fully saturated rings. The van der Waals surface area contributed by atoms with Gasteiger partial charge in [0.05, 0.1) is 11.3 Å². The molecule has 1 aliphatic heterocycles. The van der Waals surface area contributed by atoms with E-state index < -0.39 is 17.5 Å². The van der Waals surface area contributed by atoms with Crippen molar-refractivity contribution in [2.24, 2.45) is 5.73 Å². The summed E-state index contributed by atoms with van der Waals surface area (Å²) in [6, 6.07) is 5.31. The second-order valence-electron chi connectivity index (χ2n) is 6.12. The molecule has 0 saturated carbocycles. The number of rotatable bonds is 4. The van der Waals surface area contributed by atoms with Gasteiger partial charge in [0.1, 0.15) is 11.6 Å². The van der Waals surface area contributed by atoms with Crippen LogP contribution in [0.4, 0.5) is 14.5 Å². The van der Waals surface area contributed by atoms with Crippen LogP contribution in [0.15, 0.2) is 36.7 Å². The minimum absolute atomic E-state index is 0.157. The van der Waals surface area contributed by atoms with E-state index in [-0.39, 0.29) is 6.04 Å². The fraction of sp³-hybridized carbons (Fsp3) is 0.333. The number of primary amides is 1. The number of carbonyl (C=O) groups excluding carboxylic acids is 1. The molecule has 0 unspecified atom stereocenters. The summed E-state index contributed by atoms with van der Waals surface area (Å²) in [5.74, 6) is -1.61. The highest BCUT2D eigenvalue weighted by atomic mass is 19.1. The standard InChI is InChI=1S/C18H20F2N4O/c1-12(14-3-2-13(19)10-16(14)20)23-6-8-24(9-7-23)17-4-5-22-11-15(17)18(21)25/h2-5,10-12H,6-9H2,1H3,(H2,21,25)/t12-/m1/s1. The SMILES string of the molecule is C[C@H](c1ccc(F)cc1F)N1CCN(c2ccncc2C(N)=O)CC1. The van der Waals surface area contributed by atoms with E-state index in [1.807, 2.05) is 6.92 Å². The number of aromatic nitrogens is 1. The summed E-state index contributed by atoms with van der Waals surface area (Å²) in [5.41, 5.74) is 7.06. The number of pyridine rings is 1. The zero-order valence-electron chi connectivity index (χ0n) is 14.0. The van der Waals surface area contributed by atoms with Gasteiger partial charge in [0.2, 0.25) is 0 Å². The molecule has 0 bridgehead atoms. The van der Waals surface area contributed by atoms with Crippen molar-refractivity contribution >= 4 is 11.6 Å². The first-order valence-corrected chi connectivity index (χ1v) is 8.15. The molecule has 1 aromatic heterocycles. The predicted molar refractivity (Wildman–Crippen MR) is 91.3 cm³/mol. The number of carbonyl (C=O) groups is 1. The van der Waals surface area contributed by atoms with Gasteiger partial charge in [0.15, 0.2) is 0 Å². The highest BCUT2D eigenvalue weighted by molar-refractivity contribution is 5.98. The number of nitrogens with zero attached hydrogens (tertiary/aromatic N) is 3. The summed E-state index contributed by atoms with van der Waals surface area (Å²) >= 11 is 0. The molecular weight excluding hydrogens is 326 g/mol. The largest absolute Gasteiger partial charge is 0.368 e. The van der Waals surface area contributed by atoms with Crippen molar-refractivity contribution in [3.63, 3.8) is 0 Å². The minimum Gasteiger partial charge on any atom is -0.368 e. The fourth-order valence-electron chi connectivity index (χ4n) is 3.24. The molecule has 1 aromatic carbocycles. The van der Waals surface area contributed by atoms with Gasteiger partial charge in [-0.05, 0) is 19.1 Å². The fourth-order valence-corrected chi connectivity index (χ4v) is 3.24. The summed E-state index contributed by atoms with van der Waals surface area (Å²) in [6.45, 7) is 4.65. The molecular formula is C18H20F2N4O. The molecule has 1 amide bonds. The molecule has 0 spiro atoms. The quantitative estimate of drug-likeness (QED) is 0.923. The smallest absolute Gasteiger partial charge is 0.252 e. The van der Waals surface area contributed by atoms with Crippen LogP contribution >= 0.6 is 0 Å². The van der Waals surface area contributed by atoms with E-state index in [1.54, 1.807) is 12.3 Å². The van der Waals surface area contributed by atoms with Crippen molar-refractivity contribution < 1.29 is 13.6 Å². The average Bonchev–Trinajstić information content (AvgIpc) is 2.61. The van der Waals surface area contributed by atoms with Crippen molar-refractivity contribution in [2.75, 3.05) is 31.1 Å². The Bertz CT molecular complexity index is 775. The van der Waals surface area contributed by atoms with Gasteiger partial charge in [-0.1, -0.05) is 6.07 Å². The van der Waals surface area contributed by atoms with Crippen LogP contribution in [0.1, 0.15) is 28.9 Å². The number of amides is 1. The topological polar surface area (TPSA) is 62.5 Å². The number of halogens is 2. The van der Waals surface area contributed by atoms with Crippen LogP contribution in [-0.2, 0) is 0 Å². The lowest BCUT2D eigenvalue weighted by Gasteiger charge is -2.39. The van der Waals surface area contributed by atoms with E-state index in [0.29, 0.717) is 37.3 Å². The van der Waals surface area contributed by atoms with Crippen molar-refractivity contribution in [3.8, 4) is 0 Å². The molecule has 1 saturated heterocycles. The van der Waals surface area contributed by atoms with E-state index in [9.17, 15) is 13.6 Å². The highest BCUT2D eigenvalue weighted by Gasteiger charge is 2.25. The second-order valence-corrected chi connectivity index (χ2v) is 6.12. The highest BCUT2D eigenvalue weighted by Crippen LogP contribution is 2.27. The average molecular weight is 346 g/mol. The number of nitrogens with two attached hydrogens (primary N) is 1. The van der Waals surface area contributed by atoms with Gasteiger partial charge in [-0.3, -0.25) is 14.7 Å². The summed E-state index contributed by atoms with van der Waals surface area (Å²) < 4.78 is 27.1. The third-order valence-corrected chi connectivity index (χ3v) is 4.68. The van der Waals surface area contributed by atoms with Gasteiger partial charge in [-0.2, -0.15) is 0 Å².